The summed E-state index contributed by atoms with van der Waals surface area (Å²) in [7, 11) is 0. The molecule has 1 N–H and O–H groups in total. The van der Waals surface area contributed by atoms with Gasteiger partial charge in [0.25, 0.3) is 0 Å². The van der Waals surface area contributed by atoms with Crippen LogP contribution >= 0.6 is 0 Å². The maximum atomic E-state index is 11.3. The number of ether oxygens (including phenoxy) is 1. The van der Waals surface area contributed by atoms with Crippen LogP contribution < -0.4 is 5.32 Å². The standard InChI is InChI=1S/C14H27NO2/c1-4-8-12(5-2)14(17-11(3)16)13-9-6-7-10-15-13/h12-15H,4-10H2,1-3H3. The molecule has 0 aromatic rings. The Morgan fingerprint density at radius 2 is 2.18 bits per heavy atom. The minimum absolute atomic E-state index is 0.0674. The van der Waals surface area contributed by atoms with Crippen molar-refractivity contribution in [3.8, 4) is 0 Å². The molecular formula is C14H27NO2. The van der Waals surface area contributed by atoms with Crippen LogP contribution in [0.1, 0.15) is 59.3 Å². The average molecular weight is 241 g/mol. The van der Waals surface area contributed by atoms with Crippen LogP contribution in [0, 0.1) is 5.92 Å². The van der Waals surface area contributed by atoms with Gasteiger partial charge in [0.15, 0.2) is 0 Å². The second-order valence-corrected chi connectivity index (χ2v) is 5.09. The minimum Gasteiger partial charge on any atom is -0.461 e. The number of hydrogen-bond acceptors (Lipinski definition) is 3. The molecule has 1 fully saturated rings. The first kappa shape index (κ1) is 14.5. The van der Waals surface area contributed by atoms with Gasteiger partial charge < -0.3 is 10.1 Å². The van der Waals surface area contributed by atoms with E-state index in [1.165, 1.54) is 19.8 Å². The average Bonchev–Trinajstić information content (AvgIpc) is 2.34. The lowest BCUT2D eigenvalue weighted by Gasteiger charge is -2.35. The van der Waals surface area contributed by atoms with Crippen LogP contribution in [0.5, 0.6) is 0 Å². The van der Waals surface area contributed by atoms with E-state index < -0.39 is 0 Å². The smallest absolute Gasteiger partial charge is 0.302 e. The summed E-state index contributed by atoms with van der Waals surface area (Å²) in [5, 5.41) is 3.52. The first-order valence-corrected chi connectivity index (χ1v) is 7.09. The van der Waals surface area contributed by atoms with Crippen molar-refractivity contribution in [2.75, 3.05) is 6.54 Å². The highest BCUT2D eigenvalue weighted by molar-refractivity contribution is 5.66. The van der Waals surface area contributed by atoms with Gasteiger partial charge in [0.2, 0.25) is 0 Å². The lowest BCUT2D eigenvalue weighted by molar-refractivity contribution is -0.151. The molecule has 0 aromatic carbocycles. The largest absolute Gasteiger partial charge is 0.461 e. The molecule has 3 heteroatoms. The molecule has 1 heterocycles. The van der Waals surface area contributed by atoms with Gasteiger partial charge in [0, 0.05) is 13.0 Å². The number of esters is 1. The van der Waals surface area contributed by atoms with Crippen LogP contribution in [-0.2, 0) is 9.53 Å². The van der Waals surface area contributed by atoms with Gasteiger partial charge in [-0.1, -0.05) is 26.7 Å². The highest BCUT2D eigenvalue weighted by Gasteiger charge is 2.31. The molecule has 17 heavy (non-hydrogen) atoms. The molecule has 3 nitrogen and oxygen atoms in total. The van der Waals surface area contributed by atoms with E-state index in [0.717, 1.165) is 32.2 Å². The van der Waals surface area contributed by atoms with Crippen molar-refractivity contribution < 1.29 is 9.53 Å². The van der Waals surface area contributed by atoms with E-state index in [4.69, 9.17) is 4.74 Å². The van der Waals surface area contributed by atoms with Crippen LogP contribution in [0.3, 0.4) is 0 Å². The van der Waals surface area contributed by atoms with Gasteiger partial charge >= 0.3 is 5.97 Å². The van der Waals surface area contributed by atoms with Gasteiger partial charge in [0.1, 0.15) is 6.10 Å². The third-order valence-corrected chi connectivity index (χ3v) is 3.70. The second kappa shape index (κ2) is 7.70. The van der Waals surface area contributed by atoms with Gasteiger partial charge in [-0.15, -0.1) is 0 Å². The number of carbonyl (C=O) groups is 1. The van der Waals surface area contributed by atoms with Crippen LogP contribution in [0.15, 0.2) is 0 Å². The van der Waals surface area contributed by atoms with Gasteiger partial charge in [-0.25, -0.2) is 0 Å². The van der Waals surface area contributed by atoms with E-state index in [2.05, 4.69) is 19.2 Å². The minimum atomic E-state index is -0.142. The Bertz CT molecular complexity index is 220. The SMILES string of the molecule is CCCC(CC)C(OC(C)=O)C1CCCCN1. The summed E-state index contributed by atoms with van der Waals surface area (Å²) in [4.78, 5) is 11.3. The fraction of sp³-hybridized carbons (Fsp3) is 0.929. The summed E-state index contributed by atoms with van der Waals surface area (Å²) in [6.07, 6.45) is 7.08. The molecule has 0 spiro atoms. The van der Waals surface area contributed by atoms with Crippen LogP contribution in [0.25, 0.3) is 0 Å². The van der Waals surface area contributed by atoms with Gasteiger partial charge in [-0.3, -0.25) is 4.79 Å². The summed E-state index contributed by atoms with van der Waals surface area (Å²) >= 11 is 0. The molecular weight excluding hydrogens is 214 g/mol. The Morgan fingerprint density at radius 3 is 2.65 bits per heavy atom. The molecule has 0 aliphatic carbocycles. The fourth-order valence-electron chi connectivity index (χ4n) is 2.83. The van der Waals surface area contributed by atoms with E-state index >= 15 is 0 Å². The Balaban J connectivity index is 2.65. The van der Waals surface area contributed by atoms with Gasteiger partial charge in [0.05, 0.1) is 0 Å². The molecule has 100 valence electrons. The van der Waals surface area contributed by atoms with Crippen LogP contribution in [-0.4, -0.2) is 24.7 Å². The molecule has 0 aromatic heterocycles. The third kappa shape index (κ3) is 4.66. The van der Waals surface area contributed by atoms with Crippen LogP contribution in [0.4, 0.5) is 0 Å². The maximum absolute atomic E-state index is 11.3. The Labute approximate surface area is 105 Å². The fourth-order valence-corrected chi connectivity index (χ4v) is 2.83. The molecule has 0 bridgehead atoms. The number of rotatable bonds is 6. The van der Waals surface area contributed by atoms with Crippen molar-refractivity contribution in [2.45, 2.75) is 71.4 Å². The molecule has 0 amide bonds. The topological polar surface area (TPSA) is 38.3 Å². The zero-order valence-electron chi connectivity index (χ0n) is 11.5. The number of nitrogens with one attached hydrogen (secondary N) is 1. The first-order valence-electron chi connectivity index (χ1n) is 7.09. The van der Waals surface area contributed by atoms with Crippen LogP contribution in [0.2, 0.25) is 0 Å². The predicted octanol–water partition coefficient (Wildman–Crippen LogP) is 2.89. The number of carbonyl (C=O) groups excluding carboxylic acids is 1. The van der Waals surface area contributed by atoms with Crippen molar-refractivity contribution >= 4 is 5.97 Å². The molecule has 0 saturated carbocycles. The summed E-state index contributed by atoms with van der Waals surface area (Å²) in [5.74, 6) is 0.358. The normalized spacial score (nSPS) is 24.1. The van der Waals surface area contributed by atoms with Crippen molar-refractivity contribution in [3.63, 3.8) is 0 Å². The van der Waals surface area contributed by atoms with E-state index in [-0.39, 0.29) is 12.1 Å². The van der Waals surface area contributed by atoms with Crippen molar-refractivity contribution in [3.05, 3.63) is 0 Å². The molecule has 1 aliphatic rings. The monoisotopic (exact) mass is 241 g/mol. The summed E-state index contributed by atoms with van der Waals surface area (Å²) < 4.78 is 5.59. The molecule has 3 unspecified atom stereocenters. The van der Waals surface area contributed by atoms with Gasteiger partial charge in [-0.05, 0) is 38.1 Å². The summed E-state index contributed by atoms with van der Waals surface area (Å²) in [6, 6.07) is 0.365. The van der Waals surface area contributed by atoms with E-state index in [1.54, 1.807) is 0 Å². The molecule has 1 saturated heterocycles. The van der Waals surface area contributed by atoms with E-state index in [1.807, 2.05) is 0 Å². The maximum Gasteiger partial charge on any atom is 0.302 e. The Morgan fingerprint density at radius 1 is 1.41 bits per heavy atom. The highest BCUT2D eigenvalue weighted by atomic mass is 16.5. The molecule has 1 aliphatic heterocycles. The van der Waals surface area contributed by atoms with Gasteiger partial charge in [-0.2, -0.15) is 0 Å². The third-order valence-electron chi connectivity index (χ3n) is 3.70. The summed E-state index contributed by atoms with van der Waals surface area (Å²) in [6.45, 7) is 6.97. The van der Waals surface area contributed by atoms with Crippen molar-refractivity contribution in [1.29, 1.82) is 0 Å². The van der Waals surface area contributed by atoms with Crippen molar-refractivity contribution in [1.82, 2.24) is 5.32 Å². The predicted molar refractivity (Wildman–Crippen MR) is 69.9 cm³/mol. The Kier molecular flexibility index (Phi) is 6.56. The molecule has 0 radical (unpaired) electrons. The molecule has 1 rings (SSSR count). The quantitative estimate of drug-likeness (QED) is 0.727. The first-order chi connectivity index (χ1) is 8.19. The number of piperidine rings is 1. The summed E-state index contributed by atoms with van der Waals surface area (Å²) in [5.41, 5.74) is 0. The van der Waals surface area contributed by atoms with E-state index in [0.29, 0.717) is 12.0 Å². The molecule has 3 atom stereocenters. The second-order valence-electron chi connectivity index (χ2n) is 5.09. The van der Waals surface area contributed by atoms with E-state index in [9.17, 15) is 4.79 Å². The highest BCUT2D eigenvalue weighted by Crippen LogP contribution is 2.25. The number of hydrogen-bond donors (Lipinski definition) is 1. The lowest BCUT2D eigenvalue weighted by Crippen LogP contribution is -2.48. The lowest BCUT2D eigenvalue weighted by atomic mass is 9.86. The zero-order valence-corrected chi connectivity index (χ0v) is 11.5. The Hall–Kier alpha value is -0.570. The zero-order chi connectivity index (χ0) is 12.7. The van der Waals surface area contributed by atoms with Crippen molar-refractivity contribution in [2.24, 2.45) is 5.92 Å².